The van der Waals surface area contributed by atoms with Crippen molar-refractivity contribution in [1.29, 1.82) is 5.26 Å². The second-order valence-electron chi connectivity index (χ2n) is 3.98. The first-order chi connectivity index (χ1) is 9.83. The molecule has 1 N–H and O–H groups in total. The topological polar surface area (TPSA) is 70.0 Å². The second kappa shape index (κ2) is 6.12. The van der Waals surface area contributed by atoms with Gasteiger partial charge in [-0.05, 0) is 36.4 Å². The van der Waals surface area contributed by atoms with Gasteiger partial charge in [0, 0.05) is 5.02 Å². The Hall–Kier alpha value is -1.45. The van der Waals surface area contributed by atoms with Crippen molar-refractivity contribution in [1.82, 2.24) is 0 Å². The fourth-order valence-corrected chi connectivity index (χ4v) is 3.43. The van der Waals surface area contributed by atoms with E-state index in [1.54, 1.807) is 0 Å². The van der Waals surface area contributed by atoms with Crippen molar-refractivity contribution in [3.8, 4) is 6.07 Å². The highest BCUT2D eigenvalue weighted by Crippen LogP contribution is 2.28. The molecule has 0 fully saturated rings. The third-order valence-corrected chi connectivity index (χ3v) is 4.77. The molecule has 2 aromatic rings. The maximum atomic E-state index is 12.2. The molecule has 0 aromatic heterocycles. The molecule has 2 rings (SSSR count). The van der Waals surface area contributed by atoms with Gasteiger partial charge in [0.15, 0.2) is 0 Å². The van der Waals surface area contributed by atoms with E-state index < -0.39 is 10.0 Å². The second-order valence-corrected chi connectivity index (χ2v) is 6.92. The highest BCUT2D eigenvalue weighted by atomic mass is 35.5. The first kappa shape index (κ1) is 15.9. The monoisotopic (exact) mass is 360 g/mol. The molecule has 0 bridgehead atoms. The maximum Gasteiger partial charge on any atom is 0.261 e. The summed E-state index contributed by atoms with van der Waals surface area (Å²) in [5.41, 5.74) is 0.390. The lowest BCUT2D eigenvalue weighted by atomic mass is 10.2. The van der Waals surface area contributed by atoms with Crippen LogP contribution in [0.25, 0.3) is 0 Å². The van der Waals surface area contributed by atoms with Crippen LogP contribution >= 0.6 is 34.8 Å². The van der Waals surface area contributed by atoms with Gasteiger partial charge in [0.05, 0.1) is 26.2 Å². The lowest BCUT2D eigenvalue weighted by Gasteiger charge is -2.10. The number of nitrogens with one attached hydrogen (secondary N) is 1. The average Bonchev–Trinajstić information content (AvgIpc) is 2.42. The number of benzene rings is 2. The highest BCUT2D eigenvalue weighted by molar-refractivity contribution is 7.92. The Morgan fingerprint density at radius 2 is 1.71 bits per heavy atom. The summed E-state index contributed by atoms with van der Waals surface area (Å²) in [5, 5.41) is 9.40. The Morgan fingerprint density at radius 3 is 2.29 bits per heavy atom. The van der Waals surface area contributed by atoms with Gasteiger partial charge in [-0.3, -0.25) is 4.72 Å². The van der Waals surface area contributed by atoms with Crippen molar-refractivity contribution in [2.45, 2.75) is 4.90 Å². The zero-order chi connectivity index (χ0) is 15.6. The SMILES string of the molecule is N#Cc1ccc(S(=O)(=O)Nc2ccc(Cl)cc2Cl)cc1Cl. The van der Waals surface area contributed by atoms with E-state index in [4.69, 9.17) is 40.1 Å². The molecule has 108 valence electrons. The molecular weight excluding hydrogens is 355 g/mol. The van der Waals surface area contributed by atoms with Crippen molar-refractivity contribution in [2.75, 3.05) is 4.72 Å². The van der Waals surface area contributed by atoms with Crippen molar-refractivity contribution >= 4 is 50.5 Å². The molecule has 0 saturated heterocycles. The third-order valence-electron chi connectivity index (χ3n) is 2.55. The Morgan fingerprint density at radius 1 is 1.00 bits per heavy atom. The fourth-order valence-electron chi connectivity index (χ4n) is 1.53. The van der Waals surface area contributed by atoms with Gasteiger partial charge in [-0.25, -0.2) is 8.42 Å². The predicted molar refractivity (Wildman–Crippen MR) is 83.4 cm³/mol. The quantitative estimate of drug-likeness (QED) is 0.885. The molecule has 0 aliphatic heterocycles. The van der Waals surface area contributed by atoms with E-state index in [0.29, 0.717) is 5.02 Å². The predicted octanol–water partition coefficient (Wildman–Crippen LogP) is 4.32. The molecule has 4 nitrogen and oxygen atoms in total. The first-order valence-corrected chi connectivity index (χ1v) is 8.13. The molecule has 0 heterocycles. The average molecular weight is 362 g/mol. The standard InChI is InChI=1S/C13H7Cl3N2O2S/c14-9-2-4-13(12(16)5-9)18-21(19,20)10-3-1-8(7-17)11(15)6-10/h1-6,18H. The van der Waals surface area contributed by atoms with E-state index in [0.717, 1.165) is 0 Å². The minimum atomic E-state index is -3.87. The van der Waals surface area contributed by atoms with Gasteiger partial charge in [-0.15, -0.1) is 0 Å². The van der Waals surface area contributed by atoms with Gasteiger partial charge >= 0.3 is 0 Å². The molecule has 0 unspecified atom stereocenters. The number of rotatable bonds is 3. The largest absolute Gasteiger partial charge is 0.278 e. The van der Waals surface area contributed by atoms with Gasteiger partial charge in [0.1, 0.15) is 6.07 Å². The van der Waals surface area contributed by atoms with Crippen LogP contribution in [0.15, 0.2) is 41.3 Å². The minimum Gasteiger partial charge on any atom is -0.278 e. The summed E-state index contributed by atoms with van der Waals surface area (Å²) in [5.74, 6) is 0. The van der Waals surface area contributed by atoms with Gasteiger partial charge < -0.3 is 0 Å². The van der Waals surface area contributed by atoms with Crippen molar-refractivity contribution in [2.24, 2.45) is 0 Å². The molecule has 0 aliphatic carbocycles. The van der Waals surface area contributed by atoms with Crippen LogP contribution in [-0.4, -0.2) is 8.42 Å². The van der Waals surface area contributed by atoms with E-state index in [-0.39, 0.29) is 26.2 Å². The van der Waals surface area contributed by atoms with Crippen LogP contribution in [0.4, 0.5) is 5.69 Å². The van der Waals surface area contributed by atoms with Crippen molar-refractivity contribution in [3.63, 3.8) is 0 Å². The molecular formula is C13H7Cl3N2O2S. The van der Waals surface area contributed by atoms with E-state index in [2.05, 4.69) is 4.72 Å². The van der Waals surface area contributed by atoms with Crippen LogP contribution in [0.3, 0.4) is 0 Å². The molecule has 0 radical (unpaired) electrons. The maximum absolute atomic E-state index is 12.2. The molecule has 21 heavy (non-hydrogen) atoms. The van der Waals surface area contributed by atoms with Gasteiger partial charge in [0.25, 0.3) is 10.0 Å². The molecule has 2 aromatic carbocycles. The number of nitrogens with zero attached hydrogens (tertiary/aromatic N) is 1. The summed E-state index contributed by atoms with van der Waals surface area (Å²) in [7, 11) is -3.87. The van der Waals surface area contributed by atoms with Crippen LogP contribution < -0.4 is 4.72 Å². The van der Waals surface area contributed by atoms with Gasteiger partial charge in [-0.1, -0.05) is 34.8 Å². The van der Waals surface area contributed by atoms with Crippen LogP contribution in [-0.2, 0) is 10.0 Å². The van der Waals surface area contributed by atoms with Crippen molar-refractivity contribution in [3.05, 3.63) is 57.0 Å². The number of nitriles is 1. The van der Waals surface area contributed by atoms with Gasteiger partial charge in [0.2, 0.25) is 0 Å². The smallest absolute Gasteiger partial charge is 0.261 e. The zero-order valence-corrected chi connectivity index (χ0v) is 13.4. The third kappa shape index (κ3) is 3.60. The summed E-state index contributed by atoms with van der Waals surface area (Å²) >= 11 is 17.5. The Bertz CT molecular complexity index is 845. The van der Waals surface area contributed by atoms with Gasteiger partial charge in [-0.2, -0.15) is 5.26 Å². The summed E-state index contributed by atoms with van der Waals surface area (Å²) in [6, 6.07) is 10.1. The number of halogens is 3. The summed E-state index contributed by atoms with van der Waals surface area (Å²) in [4.78, 5) is -0.0717. The summed E-state index contributed by atoms with van der Waals surface area (Å²) < 4.78 is 26.8. The molecule has 0 aliphatic rings. The molecule has 0 amide bonds. The number of anilines is 1. The molecule has 0 atom stereocenters. The Kier molecular flexibility index (Phi) is 4.64. The van der Waals surface area contributed by atoms with Crippen molar-refractivity contribution < 1.29 is 8.42 Å². The highest BCUT2D eigenvalue weighted by Gasteiger charge is 2.17. The zero-order valence-electron chi connectivity index (χ0n) is 10.3. The molecule has 0 spiro atoms. The fraction of sp³-hybridized carbons (Fsp3) is 0. The Labute approximate surface area is 136 Å². The van der Waals surface area contributed by atoms with Crippen LogP contribution in [0.5, 0.6) is 0 Å². The minimum absolute atomic E-state index is 0.0579. The molecule has 8 heteroatoms. The van der Waals surface area contributed by atoms with Crippen LogP contribution in [0.1, 0.15) is 5.56 Å². The van der Waals surface area contributed by atoms with E-state index >= 15 is 0 Å². The number of hydrogen-bond donors (Lipinski definition) is 1. The summed E-state index contributed by atoms with van der Waals surface area (Å²) in [6.07, 6.45) is 0. The van der Waals surface area contributed by atoms with Crippen LogP contribution in [0.2, 0.25) is 15.1 Å². The number of hydrogen-bond acceptors (Lipinski definition) is 3. The number of sulfonamides is 1. The Balaban J connectivity index is 2.39. The van der Waals surface area contributed by atoms with Crippen LogP contribution in [0, 0.1) is 11.3 Å². The first-order valence-electron chi connectivity index (χ1n) is 5.51. The van der Waals surface area contributed by atoms with E-state index in [1.807, 2.05) is 6.07 Å². The normalized spacial score (nSPS) is 11.0. The summed E-state index contributed by atoms with van der Waals surface area (Å²) in [6.45, 7) is 0. The molecule has 0 saturated carbocycles. The van der Waals surface area contributed by atoms with E-state index in [1.165, 1.54) is 36.4 Å². The lowest BCUT2D eigenvalue weighted by Crippen LogP contribution is -2.13. The van der Waals surface area contributed by atoms with E-state index in [9.17, 15) is 8.42 Å². The lowest BCUT2D eigenvalue weighted by molar-refractivity contribution is 0.601.